The van der Waals surface area contributed by atoms with Crippen LogP contribution in [0.25, 0.3) is 0 Å². The summed E-state index contributed by atoms with van der Waals surface area (Å²) in [4.78, 5) is 29.1. The van der Waals surface area contributed by atoms with Crippen LogP contribution < -0.4 is 20.3 Å². The molecule has 3 aromatic rings. The van der Waals surface area contributed by atoms with Crippen LogP contribution in [0.4, 0.5) is 18.9 Å². The number of fused-ring (bicyclic) bond motifs is 1. The summed E-state index contributed by atoms with van der Waals surface area (Å²) in [5.41, 5.74) is -1.79. The first-order chi connectivity index (χ1) is 16.0. The number of benzene rings is 2. The average molecular weight is 513 g/mol. The van der Waals surface area contributed by atoms with Gasteiger partial charge < -0.3 is 19.8 Å². The van der Waals surface area contributed by atoms with Crippen molar-refractivity contribution in [2.75, 3.05) is 17.9 Å². The van der Waals surface area contributed by atoms with E-state index >= 15 is 0 Å². The number of hydrogen-bond donors (Lipinski definition) is 2. The summed E-state index contributed by atoms with van der Waals surface area (Å²) < 4.78 is 74.5. The molecule has 0 spiro atoms. The average Bonchev–Trinajstić information content (AvgIpc) is 3.25. The quantitative estimate of drug-likeness (QED) is 0.380. The molecule has 0 bridgehead atoms. The van der Waals surface area contributed by atoms with Crippen molar-refractivity contribution in [1.29, 1.82) is 0 Å². The number of nitrogens with zero attached hydrogens (tertiary/aromatic N) is 1. The van der Waals surface area contributed by atoms with Gasteiger partial charge in [0.2, 0.25) is 22.5 Å². The van der Waals surface area contributed by atoms with Crippen molar-refractivity contribution >= 4 is 33.2 Å². The molecule has 0 saturated heterocycles. The van der Waals surface area contributed by atoms with Crippen LogP contribution >= 0.6 is 11.8 Å². The normalized spacial score (nSPS) is 13.0. The number of H-pyrrole nitrogens is 1. The summed E-state index contributed by atoms with van der Waals surface area (Å²) in [6, 6.07) is 7.87. The topological polar surface area (TPSA) is 127 Å². The Balaban J connectivity index is 1.45. The van der Waals surface area contributed by atoms with E-state index in [-0.39, 0.29) is 17.7 Å². The molecule has 4 rings (SSSR count). The molecular weight excluding hydrogens is 499 g/mol. The molecule has 14 heteroatoms. The minimum Gasteiger partial charge on any atom is -0.454 e. The molecule has 1 aliphatic heterocycles. The standard InChI is InChI=1S/C20H14F3N3O6S2/c21-20(22,23)11-2-1-3-13(6-11)34(29,30)16-8-24-19(26-18(16)28)33-9-17(27)25-12-4-5-14-15(7-12)32-10-31-14/h1-8H,9-10H2,(H,25,27)(H,24,26,28). The number of aromatic nitrogens is 2. The highest BCUT2D eigenvalue weighted by molar-refractivity contribution is 7.99. The van der Waals surface area contributed by atoms with Crippen LogP contribution in [0.3, 0.4) is 0 Å². The van der Waals surface area contributed by atoms with E-state index in [1.54, 1.807) is 18.2 Å². The van der Waals surface area contributed by atoms with Gasteiger partial charge in [-0.3, -0.25) is 9.59 Å². The molecule has 9 nitrogen and oxygen atoms in total. The number of amides is 1. The van der Waals surface area contributed by atoms with Crippen molar-refractivity contribution in [2.24, 2.45) is 0 Å². The van der Waals surface area contributed by atoms with Gasteiger partial charge >= 0.3 is 6.18 Å². The Hall–Kier alpha value is -3.52. The van der Waals surface area contributed by atoms with Gasteiger partial charge in [-0.2, -0.15) is 13.2 Å². The van der Waals surface area contributed by atoms with Gasteiger partial charge in [0.15, 0.2) is 21.6 Å². The van der Waals surface area contributed by atoms with Gasteiger partial charge in [0, 0.05) is 11.8 Å². The molecule has 1 aromatic heterocycles. The zero-order valence-electron chi connectivity index (χ0n) is 16.9. The Morgan fingerprint density at radius 3 is 2.65 bits per heavy atom. The first-order valence-corrected chi connectivity index (χ1v) is 11.8. The lowest BCUT2D eigenvalue weighted by Crippen LogP contribution is -2.20. The smallest absolute Gasteiger partial charge is 0.416 e. The second-order valence-electron chi connectivity index (χ2n) is 6.82. The van der Waals surface area contributed by atoms with E-state index in [0.29, 0.717) is 23.3 Å². The number of carbonyl (C=O) groups is 1. The van der Waals surface area contributed by atoms with Gasteiger partial charge in [-0.15, -0.1) is 0 Å². The van der Waals surface area contributed by atoms with Gasteiger partial charge in [-0.25, -0.2) is 13.4 Å². The molecule has 2 N–H and O–H groups in total. The highest BCUT2D eigenvalue weighted by Crippen LogP contribution is 2.34. The Morgan fingerprint density at radius 2 is 1.91 bits per heavy atom. The van der Waals surface area contributed by atoms with Gasteiger partial charge in [-0.05, 0) is 30.3 Å². The van der Waals surface area contributed by atoms with Crippen molar-refractivity contribution in [3.8, 4) is 11.5 Å². The monoisotopic (exact) mass is 513 g/mol. The maximum absolute atomic E-state index is 12.9. The maximum atomic E-state index is 12.9. The number of hydrogen-bond acceptors (Lipinski definition) is 8. The number of halogens is 3. The number of ether oxygens (including phenoxy) is 2. The van der Waals surface area contributed by atoms with Gasteiger partial charge in [-0.1, -0.05) is 17.8 Å². The van der Waals surface area contributed by atoms with Crippen LogP contribution in [0.1, 0.15) is 5.56 Å². The van der Waals surface area contributed by atoms with Crippen LogP contribution in [0.15, 0.2) is 68.4 Å². The molecule has 0 radical (unpaired) electrons. The van der Waals surface area contributed by atoms with Gasteiger partial charge in [0.1, 0.15) is 0 Å². The van der Waals surface area contributed by atoms with E-state index in [2.05, 4.69) is 15.3 Å². The third kappa shape index (κ3) is 5.02. The summed E-state index contributed by atoms with van der Waals surface area (Å²) in [6.07, 6.45) is -4.01. The lowest BCUT2D eigenvalue weighted by Gasteiger charge is -2.09. The van der Waals surface area contributed by atoms with Crippen molar-refractivity contribution < 1.29 is 35.9 Å². The largest absolute Gasteiger partial charge is 0.454 e. The fraction of sp³-hybridized carbons (Fsp3) is 0.150. The molecule has 178 valence electrons. The summed E-state index contributed by atoms with van der Waals surface area (Å²) in [6.45, 7) is 0.0844. The summed E-state index contributed by atoms with van der Waals surface area (Å²) >= 11 is 0.830. The number of alkyl halides is 3. The third-order valence-corrected chi connectivity index (χ3v) is 7.13. The molecule has 0 atom stereocenters. The zero-order chi connectivity index (χ0) is 24.5. The molecule has 1 amide bonds. The maximum Gasteiger partial charge on any atom is 0.416 e. The number of rotatable bonds is 6. The van der Waals surface area contributed by atoms with E-state index < -0.39 is 42.8 Å². The molecule has 2 aromatic carbocycles. The van der Waals surface area contributed by atoms with E-state index in [1.165, 1.54) is 0 Å². The number of carbonyl (C=O) groups excluding carboxylic acids is 1. The van der Waals surface area contributed by atoms with E-state index in [0.717, 1.165) is 36.2 Å². The summed E-state index contributed by atoms with van der Waals surface area (Å²) in [5, 5.41) is 2.58. The van der Waals surface area contributed by atoms with E-state index in [9.17, 15) is 31.2 Å². The molecule has 1 aliphatic rings. The third-order valence-electron chi connectivity index (χ3n) is 4.50. The fourth-order valence-corrected chi connectivity index (χ4v) is 4.82. The number of anilines is 1. The lowest BCUT2D eigenvalue weighted by atomic mass is 10.2. The van der Waals surface area contributed by atoms with Crippen LogP contribution in [0, 0.1) is 0 Å². The summed E-state index contributed by atoms with van der Waals surface area (Å²) in [5.74, 6) is 0.424. The van der Waals surface area contributed by atoms with Crippen LogP contribution in [-0.4, -0.2) is 36.8 Å². The highest BCUT2D eigenvalue weighted by atomic mass is 32.2. The molecular formula is C20H14F3N3O6S2. The minimum absolute atomic E-state index is 0.0474. The molecule has 0 aliphatic carbocycles. The second-order valence-corrected chi connectivity index (χ2v) is 9.70. The highest BCUT2D eigenvalue weighted by Gasteiger charge is 2.32. The predicted octanol–water partition coefficient (Wildman–Crippen LogP) is 3.08. The number of nitrogens with one attached hydrogen (secondary N) is 2. The van der Waals surface area contributed by atoms with Crippen LogP contribution in [0.5, 0.6) is 11.5 Å². The Kier molecular flexibility index (Phi) is 6.27. The van der Waals surface area contributed by atoms with Crippen molar-refractivity contribution in [3.63, 3.8) is 0 Å². The Labute approximate surface area is 194 Å². The second kappa shape index (κ2) is 9.02. The van der Waals surface area contributed by atoms with Crippen LogP contribution in [-0.2, 0) is 20.8 Å². The molecule has 34 heavy (non-hydrogen) atoms. The zero-order valence-corrected chi connectivity index (χ0v) is 18.5. The molecule has 0 saturated carbocycles. The summed E-state index contributed by atoms with van der Waals surface area (Å²) in [7, 11) is -4.56. The molecule has 0 fully saturated rings. The predicted molar refractivity (Wildman–Crippen MR) is 114 cm³/mol. The van der Waals surface area contributed by atoms with Gasteiger partial charge in [0.05, 0.1) is 22.4 Å². The van der Waals surface area contributed by atoms with Crippen molar-refractivity contribution in [2.45, 2.75) is 21.1 Å². The number of thioether (sulfide) groups is 1. The first kappa shape index (κ1) is 23.6. The van der Waals surface area contributed by atoms with Gasteiger partial charge in [0.25, 0.3) is 5.56 Å². The number of sulfone groups is 1. The molecule has 2 heterocycles. The first-order valence-electron chi connectivity index (χ1n) is 9.38. The van der Waals surface area contributed by atoms with Crippen LogP contribution in [0.2, 0.25) is 0 Å². The van der Waals surface area contributed by atoms with E-state index in [4.69, 9.17) is 9.47 Å². The van der Waals surface area contributed by atoms with E-state index in [1.807, 2.05) is 0 Å². The Bertz CT molecular complexity index is 1420. The molecule has 0 unspecified atom stereocenters. The SMILES string of the molecule is O=C(CSc1ncc(S(=O)(=O)c2cccc(C(F)(F)F)c2)c(=O)[nH]1)Nc1ccc2c(c1)OCO2. The fourth-order valence-electron chi connectivity index (χ4n) is 2.90. The van der Waals surface area contributed by atoms with Crippen molar-refractivity contribution in [1.82, 2.24) is 9.97 Å². The Morgan fingerprint density at radius 1 is 1.15 bits per heavy atom. The van der Waals surface area contributed by atoms with Crippen molar-refractivity contribution in [3.05, 3.63) is 64.6 Å². The minimum atomic E-state index is -4.75. The lowest BCUT2D eigenvalue weighted by molar-refractivity contribution is -0.137. The number of aromatic amines is 1.